The van der Waals surface area contributed by atoms with Crippen LogP contribution in [0.2, 0.25) is 0 Å². The normalized spacial score (nSPS) is 13.1. The van der Waals surface area contributed by atoms with Crippen molar-refractivity contribution in [3.63, 3.8) is 0 Å². The highest BCUT2D eigenvalue weighted by atomic mass is 127. The van der Waals surface area contributed by atoms with Crippen molar-refractivity contribution in [2.45, 2.75) is 19.1 Å². The molecule has 0 bridgehead atoms. The maximum atomic E-state index is 12.5. The maximum Gasteiger partial charge on any atom is 0.416 e. The van der Waals surface area contributed by atoms with Gasteiger partial charge < -0.3 is 5.32 Å². The molecule has 0 amide bonds. The third-order valence-electron chi connectivity index (χ3n) is 2.95. The van der Waals surface area contributed by atoms with E-state index >= 15 is 0 Å². The van der Waals surface area contributed by atoms with E-state index in [0.717, 1.165) is 27.0 Å². The molecule has 0 aliphatic rings. The van der Waals surface area contributed by atoms with Gasteiger partial charge in [-0.1, -0.05) is 18.2 Å². The minimum atomic E-state index is -4.29. The van der Waals surface area contributed by atoms with Crippen molar-refractivity contribution in [3.8, 4) is 0 Å². The molecule has 5 heteroatoms. The van der Waals surface area contributed by atoms with Gasteiger partial charge in [0.1, 0.15) is 0 Å². The molecule has 0 heterocycles. The summed E-state index contributed by atoms with van der Waals surface area (Å²) in [7, 11) is 0. The number of nitrogens with one attached hydrogen (secondary N) is 1. The molecule has 0 saturated carbocycles. The van der Waals surface area contributed by atoms with Crippen molar-refractivity contribution in [2.75, 3.05) is 5.32 Å². The summed E-state index contributed by atoms with van der Waals surface area (Å²) in [6.45, 7) is 1.92. The summed E-state index contributed by atoms with van der Waals surface area (Å²) in [6, 6.07) is 13.0. The van der Waals surface area contributed by atoms with Gasteiger partial charge >= 0.3 is 6.18 Å². The van der Waals surface area contributed by atoms with Crippen molar-refractivity contribution in [3.05, 3.63) is 63.2 Å². The summed E-state index contributed by atoms with van der Waals surface area (Å²) in [5.74, 6) is 0. The molecular weight excluding hydrogens is 378 g/mol. The van der Waals surface area contributed by atoms with Gasteiger partial charge in [0, 0.05) is 15.3 Å². The van der Waals surface area contributed by atoms with Crippen LogP contribution in [0.3, 0.4) is 0 Å². The van der Waals surface area contributed by atoms with E-state index in [1.165, 1.54) is 12.1 Å². The van der Waals surface area contributed by atoms with Crippen LogP contribution >= 0.6 is 22.6 Å². The van der Waals surface area contributed by atoms with E-state index in [4.69, 9.17) is 0 Å². The maximum absolute atomic E-state index is 12.5. The highest BCUT2D eigenvalue weighted by molar-refractivity contribution is 14.1. The standard InChI is InChI=1S/C15H13F3IN/c1-10(20-14-4-2-3-13(19)9-14)11-5-7-12(8-6-11)15(16,17)18/h2-10,20H,1H3. The summed E-state index contributed by atoms with van der Waals surface area (Å²) in [4.78, 5) is 0. The molecular formula is C15H13F3IN. The highest BCUT2D eigenvalue weighted by Crippen LogP contribution is 2.30. The fourth-order valence-corrected chi connectivity index (χ4v) is 2.42. The van der Waals surface area contributed by atoms with Crippen molar-refractivity contribution in [2.24, 2.45) is 0 Å². The third kappa shape index (κ3) is 3.88. The summed E-state index contributed by atoms with van der Waals surface area (Å²) < 4.78 is 38.6. The van der Waals surface area contributed by atoms with Gasteiger partial charge in [-0.15, -0.1) is 0 Å². The average Bonchev–Trinajstić information content (AvgIpc) is 2.38. The van der Waals surface area contributed by atoms with Crippen LogP contribution in [0.25, 0.3) is 0 Å². The number of rotatable bonds is 3. The second-order valence-corrected chi connectivity index (χ2v) is 5.74. The zero-order valence-corrected chi connectivity index (χ0v) is 12.9. The Morgan fingerprint density at radius 3 is 2.25 bits per heavy atom. The predicted octanol–water partition coefficient (Wildman–Crippen LogP) is 5.48. The minimum Gasteiger partial charge on any atom is -0.378 e. The lowest BCUT2D eigenvalue weighted by Crippen LogP contribution is -2.08. The summed E-state index contributed by atoms with van der Waals surface area (Å²) in [5.41, 5.74) is 1.14. The second kappa shape index (κ2) is 6.03. The molecule has 0 fully saturated rings. The van der Waals surface area contributed by atoms with Gasteiger partial charge in [0.25, 0.3) is 0 Å². The Kier molecular flexibility index (Phi) is 4.57. The van der Waals surface area contributed by atoms with Crippen LogP contribution in [0.15, 0.2) is 48.5 Å². The van der Waals surface area contributed by atoms with E-state index in [-0.39, 0.29) is 6.04 Å². The molecule has 1 N–H and O–H groups in total. The Morgan fingerprint density at radius 1 is 1.05 bits per heavy atom. The molecule has 0 radical (unpaired) electrons. The van der Waals surface area contributed by atoms with Crippen LogP contribution in [0.4, 0.5) is 18.9 Å². The third-order valence-corrected chi connectivity index (χ3v) is 3.62. The number of benzene rings is 2. The van der Waals surface area contributed by atoms with E-state index in [9.17, 15) is 13.2 Å². The molecule has 20 heavy (non-hydrogen) atoms. The predicted molar refractivity (Wildman–Crippen MR) is 82.6 cm³/mol. The molecule has 0 saturated heterocycles. The highest BCUT2D eigenvalue weighted by Gasteiger charge is 2.30. The second-order valence-electron chi connectivity index (χ2n) is 4.50. The van der Waals surface area contributed by atoms with E-state index < -0.39 is 11.7 Å². The first-order valence-corrected chi connectivity index (χ1v) is 7.13. The van der Waals surface area contributed by atoms with Gasteiger partial charge in [-0.2, -0.15) is 13.2 Å². The minimum absolute atomic E-state index is 0.0597. The average molecular weight is 391 g/mol. The molecule has 106 valence electrons. The smallest absolute Gasteiger partial charge is 0.378 e. The van der Waals surface area contributed by atoms with Crippen molar-refractivity contribution in [1.29, 1.82) is 0 Å². The SMILES string of the molecule is CC(Nc1cccc(I)c1)c1ccc(C(F)(F)F)cc1. The number of hydrogen-bond donors (Lipinski definition) is 1. The Hall–Kier alpha value is -1.24. The van der Waals surface area contributed by atoms with Crippen LogP contribution in [0, 0.1) is 3.57 Å². The summed E-state index contributed by atoms with van der Waals surface area (Å²) in [6.07, 6.45) is -4.29. The van der Waals surface area contributed by atoms with Gasteiger partial charge in [-0.25, -0.2) is 0 Å². The number of alkyl halides is 3. The Bertz CT molecular complexity index is 578. The lowest BCUT2D eigenvalue weighted by molar-refractivity contribution is -0.137. The van der Waals surface area contributed by atoms with E-state index in [1.807, 2.05) is 31.2 Å². The first-order chi connectivity index (χ1) is 9.36. The fourth-order valence-electron chi connectivity index (χ4n) is 1.87. The number of hydrogen-bond acceptors (Lipinski definition) is 1. The zero-order chi connectivity index (χ0) is 14.8. The largest absolute Gasteiger partial charge is 0.416 e. The van der Waals surface area contributed by atoms with Crippen LogP contribution in [-0.2, 0) is 6.18 Å². The first kappa shape index (κ1) is 15.2. The molecule has 2 aromatic carbocycles. The molecule has 0 aliphatic carbocycles. The van der Waals surface area contributed by atoms with Gasteiger partial charge in [-0.05, 0) is 65.4 Å². The fraction of sp³-hybridized carbons (Fsp3) is 0.200. The van der Waals surface area contributed by atoms with Gasteiger partial charge in [0.05, 0.1) is 5.56 Å². The van der Waals surface area contributed by atoms with Crippen molar-refractivity contribution >= 4 is 28.3 Å². The number of halogens is 4. The molecule has 0 aromatic heterocycles. The molecule has 1 atom stereocenters. The zero-order valence-electron chi connectivity index (χ0n) is 10.7. The van der Waals surface area contributed by atoms with E-state index in [0.29, 0.717) is 0 Å². The Labute approximate surface area is 129 Å². The van der Waals surface area contributed by atoms with E-state index in [1.54, 1.807) is 0 Å². The monoisotopic (exact) mass is 391 g/mol. The Balaban J connectivity index is 2.11. The first-order valence-electron chi connectivity index (χ1n) is 6.05. The Morgan fingerprint density at radius 2 is 1.70 bits per heavy atom. The van der Waals surface area contributed by atoms with Crippen LogP contribution < -0.4 is 5.32 Å². The van der Waals surface area contributed by atoms with Crippen LogP contribution in [-0.4, -0.2) is 0 Å². The molecule has 1 nitrogen and oxygen atoms in total. The molecule has 2 aromatic rings. The summed E-state index contributed by atoms with van der Waals surface area (Å²) in [5, 5.41) is 3.27. The lowest BCUT2D eigenvalue weighted by atomic mass is 10.1. The van der Waals surface area contributed by atoms with Gasteiger partial charge in [-0.3, -0.25) is 0 Å². The van der Waals surface area contributed by atoms with Crippen molar-refractivity contribution in [1.82, 2.24) is 0 Å². The molecule has 0 aliphatic heterocycles. The lowest BCUT2D eigenvalue weighted by Gasteiger charge is -2.17. The van der Waals surface area contributed by atoms with Gasteiger partial charge in [0.15, 0.2) is 0 Å². The summed E-state index contributed by atoms with van der Waals surface area (Å²) >= 11 is 2.21. The van der Waals surface area contributed by atoms with Crippen molar-refractivity contribution < 1.29 is 13.2 Å². The number of anilines is 1. The molecule has 2 rings (SSSR count). The topological polar surface area (TPSA) is 12.0 Å². The van der Waals surface area contributed by atoms with Crippen LogP contribution in [0.1, 0.15) is 24.1 Å². The molecule has 0 spiro atoms. The molecule has 1 unspecified atom stereocenters. The van der Waals surface area contributed by atoms with Gasteiger partial charge in [0.2, 0.25) is 0 Å². The van der Waals surface area contributed by atoms with Crippen LogP contribution in [0.5, 0.6) is 0 Å². The van der Waals surface area contributed by atoms with E-state index in [2.05, 4.69) is 27.9 Å². The quantitative estimate of drug-likeness (QED) is 0.683.